The number of aromatic nitrogens is 1. The van der Waals surface area contributed by atoms with E-state index in [0.29, 0.717) is 18.5 Å². The van der Waals surface area contributed by atoms with Crippen molar-refractivity contribution in [1.82, 2.24) is 14.2 Å². The van der Waals surface area contributed by atoms with E-state index in [1.165, 1.54) is 18.7 Å². The highest BCUT2D eigenvalue weighted by Gasteiger charge is 2.30. The lowest BCUT2D eigenvalue weighted by atomic mass is 10.1. The van der Waals surface area contributed by atoms with Gasteiger partial charge in [-0.05, 0) is 51.4 Å². The van der Waals surface area contributed by atoms with Crippen LogP contribution in [0.15, 0.2) is 40.4 Å². The molecule has 0 aliphatic carbocycles. The minimum absolute atomic E-state index is 0.0913. The molecule has 1 aliphatic rings. The third-order valence-corrected chi connectivity index (χ3v) is 9.15. The Bertz CT molecular complexity index is 1150. The van der Waals surface area contributed by atoms with Crippen molar-refractivity contribution in [2.75, 3.05) is 26.2 Å². The van der Waals surface area contributed by atoms with Gasteiger partial charge in [-0.3, -0.25) is 4.90 Å². The molecule has 184 valence electrons. The fourth-order valence-corrected chi connectivity index (χ4v) is 6.99. The summed E-state index contributed by atoms with van der Waals surface area (Å²) in [5, 5.41) is 5.56. The van der Waals surface area contributed by atoms with E-state index in [-0.39, 0.29) is 21.3 Å². The number of primary sulfonamides is 1. The topological polar surface area (TPSA) is 114 Å². The van der Waals surface area contributed by atoms with Crippen LogP contribution in [0.1, 0.15) is 58.8 Å². The zero-order chi connectivity index (χ0) is 24.1. The molecule has 1 saturated heterocycles. The monoisotopic (exact) mass is 496 g/mol. The van der Waals surface area contributed by atoms with Gasteiger partial charge in [0.2, 0.25) is 10.0 Å². The number of piperidine rings is 1. The normalized spacial score (nSPS) is 17.0. The van der Waals surface area contributed by atoms with Gasteiger partial charge in [-0.1, -0.05) is 44.7 Å². The highest BCUT2D eigenvalue weighted by atomic mass is 32.2. The Kier molecular flexibility index (Phi) is 8.85. The summed E-state index contributed by atoms with van der Waals surface area (Å²) < 4.78 is 53.4. The summed E-state index contributed by atoms with van der Waals surface area (Å²) >= 11 is 0. The van der Waals surface area contributed by atoms with Crippen molar-refractivity contribution in [2.24, 2.45) is 5.14 Å². The van der Waals surface area contributed by atoms with Crippen molar-refractivity contribution >= 4 is 30.8 Å². The second-order valence-corrected chi connectivity index (χ2v) is 12.3. The summed E-state index contributed by atoms with van der Waals surface area (Å²) in [4.78, 5) is 6.35. The van der Waals surface area contributed by atoms with Crippen LogP contribution in [0.4, 0.5) is 0 Å². The number of hydrogen-bond acceptors (Lipinski definition) is 6. The molecular formula is C23H36N4O4S2. The molecule has 1 aliphatic heterocycles. The molecule has 1 fully saturated rings. The average molecular weight is 497 g/mol. The maximum atomic E-state index is 13.9. The predicted octanol–water partition coefficient (Wildman–Crippen LogP) is 3.33. The lowest BCUT2D eigenvalue weighted by Crippen LogP contribution is -2.46. The molecule has 2 N–H and O–H groups in total. The number of pyridine rings is 1. The largest absolute Gasteiger partial charge is 0.299 e. The second kappa shape index (κ2) is 11.2. The number of sulfonamides is 2. The number of nitrogens with two attached hydrogens (primary N) is 1. The summed E-state index contributed by atoms with van der Waals surface area (Å²) in [6.45, 7) is 7.03. The quantitative estimate of drug-likeness (QED) is 0.477. The Morgan fingerprint density at radius 3 is 2.42 bits per heavy atom. The van der Waals surface area contributed by atoms with Crippen LogP contribution >= 0.6 is 0 Å². The lowest BCUT2D eigenvalue weighted by molar-refractivity contribution is 0.153. The van der Waals surface area contributed by atoms with Crippen LogP contribution < -0.4 is 5.14 Å². The van der Waals surface area contributed by atoms with Gasteiger partial charge in [0.1, 0.15) is 0 Å². The standard InChI is InChI=1S/C23H36N4O4S2/c1-3-4-5-9-17-27(18-19(2)26-15-7-6-8-16-26)33(30,31)22-12-10-11-21-20(22)13-14-25-23(21)32(24,28)29/h10-14,19H,3-9,15-18H2,1-2H3,(H2,24,28,29). The van der Waals surface area contributed by atoms with E-state index in [1.54, 1.807) is 22.5 Å². The SMILES string of the molecule is CCCCCCN(CC(C)N1CCCCC1)S(=O)(=O)c1cccc2c(S(N)(=O)=O)nccc12. The first-order chi connectivity index (χ1) is 15.7. The van der Waals surface area contributed by atoms with Gasteiger partial charge in [-0.2, -0.15) is 4.31 Å². The van der Waals surface area contributed by atoms with Gasteiger partial charge in [0.15, 0.2) is 5.03 Å². The molecule has 1 aromatic carbocycles. The molecular weight excluding hydrogens is 460 g/mol. The van der Waals surface area contributed by atoms with Crippen LogP contribution in [0.5, 0.6) is 0 Å². The minimum Gasteiger partial charge on any atom is -0.299 e. The van der Waals surface area contributed by atoms with Gasteiger partial charge >= 0.3 is 0 Å². The van der Waals surface area contributed by atoms with Crippen molar-refractivity contribution in [3.63, 3.8) is 0 Å². The predicted molar refractivity (Wildman–Crippen MR) is 131 cm³/mol. The fourth-order valence-electron chi connectivity index (χ4n) is 4.54. The van der Waals surface area contributed by atoms with Gasteiger partial charge in [0.25, 0.3) is 10.0 Å². The van der Waals surface area contributed by atoms with E-state index in [9.17, 15) is 16.8 Å². The Morgan fingerprint density at radius 2 is 1.76 bits per heavy atom. The summed E-state index contributed by atoms with van der Waals surface area (Å²) in [7, 11) is -7.96. The highest BCUT2D eigenvalue weighted by Crippen LogP contribution is 2.29. The van der Waals surface area contributed by atoms with Crippen LogP contribution in [-0.2, 0) is 20.0 Å². The van der Waals surface area contributed by atoms with Gasteiger partial charge in [0, 0.05) is 36.1 Å². The Morgan fingerprint density at radius 1 is 1.03 bits per heavy atom. The van der Waals surface area contributed by atoms with Gasteiger partial charge in [-0.15, -0.1) is 0 Å². The number of nitrogens with zero attached hydrogens (tertiary/aromatic N) is 3. The third kappa shape index (κ3) is 6.30. The molecule has 1 aromatic heterocycles. The van der Waals surface area contributed by atoms with Crippen LogP contribution in [-0.4, -0.2) is 63.2 Å². The number of likely N-dealkylation sites (tertiary alicyclic amines) is 1. The summed E-state index contributed by atoms with van der Waals surface area (Å²) in [5.41, 5.74) is 0. The summed E-state index contributed by atoms with van der Waals surface area (Å²) in [6.07, 6.45) is 8.68. The Hall–Kier alpha value is -1.59. The number of hydrogen-bond donors (Lipinski definition) is 1. The molecule has 0 bridgehead atoms. The molecule has 0 saturated carbocycles. The van der Waals surface area contributed by atoms with Gasteiger partial charge < -0.3 is 0 Å². The van der Waals surface area contributed by atoms with Gasteiger partial charge in [0.05, 0.1) is 4.90 Å². The fraction of sp³-hybridized carbons (Fsp3) is 0.609. The number of unbranched alkanes of at least 4 members (excludes halogenated alkanes) is 3. The zero-order valence-electron chi connectivity index (χ0n) is 19.6. The molecule has 0 radical (unpaired) electrons. The van der Waals surface area contributed by atoms with E-state index in [0.717, 1.165) is 51.6 Å². The molecule has 33 heavy (non-hydrogen) atoms. The zero-order valence-corrected chi connectivity index (χ0v) is 21.2. The van der Waals surface area contributed by atoms with Crippen molar-refractivity contribution in [3.8, 4) is 0 Å². The van der Waals surface area contributed by atoms with Crippen LogP contribution in [0.25, 0.3) is 10.8 Å². The summed E-state index contributed by atoms with van der Waals surface area (Å²) in [6, 6.07) is 6.27. The maximum Gasteiger partial charge on any atom is 0.256 e. The first kappa shape index (κ1) is 26.0. The number of benzene rings is 1. The van der Waals surface area contributed by atoms with Crippen molar-refractivity contribution in [1.29, 1.82) is 0 Å². The molecule has 2 aromatic rings. The molecule has 8 nitrogen and oxygen atoms in total. The van der Waals surface area contributed by atoms with E-state index < -0.39 is 20.0 Å². The average Bonchev–Trinajstić information content (AvgIpc) is 2.80. The highest BCUT2D eigenvalue weighted by molar-refractivity contribution is 7.89. The third-order valence-electron chi connectivity index (χ3n) is 6.36. The Labute approximate surface area is 198 Å². The van der Waals surface area contributed by atoms with E-state index in [2.05, 4.69) is 23.7 Å². The molecule has 0 amide bonds. The van der Waals surface area contributed by atoms with E-state index in [1.807, 2.05) is 0 Å². The van der Waals surface area contributed by atoms with E-state index in [4.69, 9.17) is 5.14 Å². The first-order valence-corrected chi connectivity index (χ1v) is 14.8. The minimum atomic E-state index is -4.09. The molecule has 1 atom stereocenters. The second-order valence-electron chi connectivity index (χ2n) is 8.88. The van der Waals surface area contributed by atoms with Crippen LogP contribution in [0.2, 0.25) is 0 Å². The van der Waals surface area contributed by atoms with Crippen molar-refractivity contribution in [2.45, 2.75) is 74.8 Å². The summed E-state index contributed by atoms with van der Waals surface area (Å²) in [5.74, 6) is 0. The maximum absolute atomic E-state index is 13.9. The molecule has 3 rings (SSSR count). The molecule has 1 unspecified atom stereocenters. The number of fused-ring (bicyclic) bond motifs is 1. The number of rotatable bonds is 11. The molecule has 2 heterocycles. The van der Waals surface area contributed by atoms with Crippen molar-refractivity contribution in [3.05, 3.63) is 30.5 Å². The van der Waals surface area contributed by atoms with Crippen molar-refractivity contribution < 1.29 is 16.8 Å². The Balaban J connectivity index is 1.98. The molecule has 0 spiro atoms. The van der Waals surface area contributed by atoms with E-state index >= 15 is 0 Å². The van der Waals surface area contributed by atoms with Crippen LogP contribution in [0, 0.1) is 0 Å². The first-order valence-electron chi connectivity index (χ1n) is 11.8. The smallest absolute Gasteiger partial charge is 0.256 e. The molecule has 10 heteroatoms. The lowest BCUT2D eigenvalue weighted by Gasteiger charge is -2.35. The van der Waals surface area contributed by atoms with Crippen LogP contribution in [0.3, 0.4) is 0 Å². The van der Waals surface area contributed by atoms with Gasteiger partial charge in [-0.25, -0.2) is 27.0 Å².